The minimum absolute atomic E-state index is 0.153. The summed E-state index contributed by atoms with van der Waals surface area (Å²) in [5.41, 5.74) is 1.06. The minimum Gasteiger partial charge on any atom is -0.314 e. The molecular formula is C17H27BrFN. The molecule has 2 atom stereocenters. The lowest BCUT2D eigenvalue weighted by atomic mass is 9.87. The number of likely N-dealkylation sites (N-methyl/N-ethyl adjacent to an activating group) is 1. The lowest BCUT2D eigenvalue weighted by molar-refractivity contribution is 0.319. The number of hydrogen-bond donors (Lipinski definition) is 1. The lowest BCUT2D eigenvalue weighted by Crippen LogP contribution is -2.38. The third kappa shape index (κ3) is 5.53. The van der Waals surface area contributed by atoms with E-state index in [9.17, 15) is 4.39 Å². The van der Waals surface area contributed by atoms with Crippen LogP contribution in [0.25, 0.3) is 0 Å². The van der Waals surface area contributed by atoms with Crippen LogP contribution in [-0.2, 0) is 6.42 Å². The number of rotatable bonds is 9. The molecular weight excluding hydrogens is 317 g/mol. The van der Waals surface area contributed by atoms with Gasteiger partial charge in [0.15, 0.2) is 0 Å². The van der Waals surface area contributed by atoms with Crippen LogP contribution in [0.2, 0.25) is 0 Å². The Morgan fingerprint density at radius 2 is 2.00 bits per heavy atom. The van der Waals surface area contributed by atoms with Crippen LogP contribution in [-0.4, -0.2) is 12.6 Å². The maximum Gasteiger partial charge on any atom is 0.123 e. The standard InChI is InChI=1S/C17H27BrFN/c1-4-7-8-13(5-2)17(20-6-3)12-14-11-15(19)9-10-16(14)18/h9-11,13,17,20H,4-8,12H2,1-3H3. The molecule has 0 heterocycles. The summed E-state index contributed by atoms with van der Waals surface area (Å²) in [6.07, 6.45) is 5.81. The summed E-state index contributed by atoms with van der Waals surface area (Å²) in [6, 6.07) is 5.39. The van der Waals surface area contributed by atoms with Crippen molar-refractivity contribution < 1.29 is 4.39 Å². The predicted molar refractivity (Wildman–Crippen MR) is 88.6 cm³/mol. The van der Waals surface area contributed by atoms with E-state index in [1.807, 2.05) is 0 Å². The quantitative estimate of drug-likeness (QED) is 0.639. The first-order chi connectivity index (χ1) is 9.62. The fourth-order valence-electron chi connectivity index (χ4n) is 2.76. The number of halogens is 2. The van der Waals surface area contributed by atoms with Crippen molar-refractivity contribution in [3.8, 4) is 0 Å². The molecule has 1 rings (SSSR count). The maximum absolute atomic E-state index is 13.4. The van der Waals surface area contributed by atoms with Crippen molar-refractivity contribution >= 4 is 15.9 Å². The first-order valence-electron chi connectivity index (χ1n) is 7.79. The smallest absolute Gasteiger partial charge is 0.123 e. The molecule has 0 aliphatic heterocycles. The zero-order valence-electron chi connectivity index (χ0n) is 12.9. The van der Waals surface area contributed by atoms with Crippen LogP contribution < -0.4 is 5.32 Å². The van der Waals surface area contributed by atoms with Crippen molar-refractivity contribution in [2.45, 2.75) is 58.9 Å². The summed E-state index contributed by atoms with van der Waals surface area (Å²) in [6.45, 7) is 7.59. The maximum atomic E-state index is 13.4. The van der Waals surface area contributed by atoms with Crippen LogP contribution in [0.3, 0.4) is 0 Å². The normalized spacial score (nSPS) is 14.2. The van der Waals surface area contributed by atoms with E-state index < -0.39 is 0 Å². The van der Waals surface area contributed by atoms with Gasteiger partial charge in [0.25, 0.3) is 0 Å². The van der Waals surface area contributed by atoms with Crippen molar-refractivity contribution in [3.63, 3.8) is 0 Å². The molecule has 0 aliphatic carbocycles. The summed E-state index contributed by atoms with van der Waals surface area (Å²) in [4.78, 5) is 0. The molecule has 0 amide bonds. The van der Waals surface area contributed by atoms with Crippen molar-refractivity contribution in [1.29, 1.82) is 0 Å². The molecule has 20 heavy (non-hydrogen) atoms. The molecule has 0 aliphatic rings. The van der Waals surface area contributed by atoms with Gasteiger partial charge in [-0.05, 0) is 49.1 Å². The Morgan fingerprint density at radius 1 is 1.25 bits per heavy atom. The number of hydrogen-bond acceptors (Lipinski definition) is 1. The summed E-state index contributed by atoms with van der Waals surface area (Å²) >= 11 is 3.54. The van der Waals surface area contributed by atoms with E-state index in [0.717, 1.165) is 23.0 Å². The summed E-state index contributed by atoms with van der Waals surface area (Å²) in [5, 5.41) is 3.59. The van der Waals surface area contributed by atoms with Gasteiger partial charge < -0.3 is 5.32 Å². The van der Waals surface area contributed by atoms with E-state index in [1.165, 1.54) is 31.7 Å². The van der Waals surface area contributed by atoms with E-state index >= 15 is 0 Å². The number of benzene rings is 1. The average molecular weight is 344 g/mol. The van der Waals surface area contributed by atoms with Crippen molar-refractivity contribution in [3.05, 3.63) is 34.1 Å². The van der Waals surface area contributed by atoms with Crippen LogP contribution in [0.4, 0.5) is 4.39 Å². The molecule has 114 valence electrons. The first kappa shape index (κ1) is 17.6. The molecule has 2 unspecified atom stereocenters. The molecule has 1 aromatic rings. The molecule has 3 heteroatoms. The fraction of sp³-hybridized carbons (Fsp3) is 0.647. The van der Waals surface area contributed by atoms with E-state index in [0.29, 0.717) is 12.0 Å². The van der Waals surface area contributed by atoms with E-state index in [2.05, 4.69) is 42.0 Å². The van der Waals surface area contributed by atoms with Gasteiger partial charge in [0.05, 0.1) is 0 Å². The van der Waals surface area contributed by atoms with Gasteiger partial charge in [-0.1, -0.05) is 56.0 Å². The number of nitrogens with one attached hydrogen (secondary N) is 1. The summed E-state index contributed by atoms with van der Waals surface area (Å²) in [5.74, 6) is 0.505. The van der Waals surface area contributed by atoms with Gasteiger partial charge >= 0.3 is 0 Å². The Morgan fingerprint density at radius 3 is 2.60 bits per heavy atom. The lowest BCUT2D eigenvalue weighted by Gasteiger charge is -2.27. The van der Waals surface area contributed by atoms with Crippen molar-refractivity contribution in [2.24, 2.45) is 5.92 Å². The average Bonchev–Trinajstić information content (AvgIpc) is 2.43. The predicted octanol–water partition coefficient (Wildman–Crippen LogP) is 5.33. The highest BCUT2D eigenvalue weighted by Crippen LogP contribution is 2.24. The molecule has 0 saturated heterocycles. The van der Waals surface area contributed by atoms with Gasteiger partial charge in [-0.25, -0.2) is 4.39 Å². The van der Waals surface area contributed by atoms with Crippen molar-refractivity contribution in [1.82, 2.24) is 5.32 Å². The molecule has 1 nitrogen and oxygen atoms in total. The second-order valence-electron chi connectivity index (χ2n) is 5.41. The topological polar surface area (TPSA) is 12.0 Å². The van der Waals surface area contributed by atoms with Crippen molar-refractivity contribution in [2.75, 3.05) is 6.54 Å². The summed E-state index contributed by atoms with van der Waals surface area (Å²) in [7, 11) is 0. The van der Waals surface area contributed by atoms with E-state index in [1.54, 1.807) is 12.1 Å². The van der Waals surface area contributed by atoms with Gasteiger partial charge in [0.1, 0.15) is 5.82 Å². The second kappa shape index (κ2) is 9.51. The van der Waals surface area contributed by atoms with Crippen LogP contribution in [0.15, 0.2) is 22.7 Å². The Hall–Kier alpha value is -0.410. The van der Waals surface area contributed by atoms with Gasteiger partial charge in [-0.15, -0.1) is 0 Å². The van der Waals surface area contributed by atoms with Gasteiger partial charge in [0.2, 0.25) is 0 Å². The summed E-state index contributed by atoms with van der Waals surface area (Å²) < 4.78 is 14.4. The zero-order valence-corrected chi connectivity index (χ0v) is 14.5. The molecule has 0 bridgehead atoms. The van der Waals surface area contributed by atoms with Crippen LogP contribution in [0, 0.1) is 11.7 Å². The SMILES string of the molecule is CCCCC(CC)C(Cc1cc(F)ccc1Br)NCC. The minimum atomic E-state index is -0.153. The Bertz CT molecular complexity index is 395. The van der Waals surface area contributed by atoms with E-state index in [4.69, 9.17) is 0 Å². The highest BCUT2D eigenvalue weighted by Gasteiger charge is 2.20. The van der Waals surface area contributed by atoms with Gasteiger partial charge in [-0.3, -0.25) is 0 Å². The van der Waals surface area contributed by atoms with Gasteiger partial charge in [-0.2, -0.15) is 0 Å². The van der Waals surface area contributed by atoms with E-state index in [-0.39, 0.29) is 5.82 Å². The molecule has 1 aromatic carbocycles. The Balaban J connectivity index is 2.81. The van der Waals surface area contributed by atoms with Crippen LogP contribution in [0.5, 0.6) is 0 Å². The number of unbranched alkanes of at least 4 members (excludes halogenated alkanes) is 1. The Kier molecular flexibility index (Phi) is 8.39. The van der Waals surface area contributed by atoms with Crippen LogP contribution >= 0.6 is 15.9 Å². The fourth-order valence-corrected chi connectivity index (χ4v) is 3.17. The molecule has 1 N–H and O–H groups in total. The first-order valence-corrected chi connectivity index (χ1v) is 8.58. The third-order valence-corrected chi connectivity index (χ3v) is 4.71. The molecule has 0 spiro atoms. The Labute approximate surface area is 131 Å². The molecule has 0 fully saturated rings. The largest absolute Gasteiger partial charge is 0.314 e. The zero-order chi connectivity index (χ0) is 15.0. The highest BCUT2D eigenvalue weighted by atomic mass is 79.9. The van der Waals surface area contributed by atoms with Crippen LogP contribution in [0.1, 0.15) is 52.0 Å². The molecule has 0 aromatic heterocycles. The molecule has 0 radical (unpaired) electrons. The highest BCUT2D eigenvalue weighted by molar-refractivity contribution is 9.10. The van der Waals surface area contributed by atoms with Gasteiger partial charge in [0, 0.05) is 10.5 Å². The monoisotopic (exact) mass is 343 g/mol. The second-order valence-corrected chi connectivity index (χ2v) is 6.27. The third-order valence-electron chi connectivity index (χ3n) is 3.94. The molecule has 0 saturated carbocycles.